The second-order valence-electron chi connectivity index (χ2n) is 4.39. The molecule has 2 unspecified atom stereocenters. The van der Waals surface area contributed by atoms with Crippen molar-refractivity contribution in [2.45, 2.75) is 31.9 Å². The van der Waals surface area contributed by atoms with Crippen LogP contribution in [-0.2, 0) is 4.74 Å². The van der Waals surface area contributed by atoms with Crippen molar-refractivity contribution in [1.29, 1.82) is 0 Å². The van der Waals surface area contributed by atoms with E-state index in [1.807, 2.05) is 18.2 Å². The minimum absolute atomic E-state index is 0.331. The Morgan fingerprint density at radius 2 is 2.12 bits per heavy atom. The molecule has 2 atom stereocenters. The fourth-order valence-corrected chi connectivity index (χ4v) is 2.03. The summed E-state index contributed by atoms with van der Waals surface area (Å²) in [6, 6.07) is 6.15. The third-order valence-corrected chi connectivity index (χ3v) is 2.94. The van der Waals surface area contributed by atoms with Crippen LogP contribution in [-0.4, -0.2) is 18.8 Å². The number of hydrogen-bond acceptors (Lipinski definition) is 4. The van der Waals surface area contributed by atoms with Crippen LogP contribution in [0.5, 0.6) is 0 Å². The number of nitrogens with two attached hydrogens (primary N) is 2. The van der Waals surface area contributed by atoms with E-state index < -0.39 is 0 Å². The highest BCUT2D eigenvalue weighted by atomic mass is 16.5. The molecule has 0 spiro atoms. The molecule has 0 radical (unpaired) electrons. The Morgan fingerprint density at radius 1 is 1.31 bits per heavy atom. The van der Waals surface area contributed by atoms with E-state index in [0.29, 0.717) is 23.5 Å². The highest BCUT2D eigenvalue weighted by Gasteiger charge is 2.18. The molecule has 0 aromatic heterocycles. The molecule has 2 rings (SSSR count). The molecule has 88 valence electrons. The first-order valence-corrected chi connectivity index (χ1v) is 5.68. The van der Waals surface area contributed by atoms with Gasteiger partial charge in [0.15, 0.2) is 0 Å². The predicted octanol–water partition coefficient (Wildman–Crippen LogP) is 1.83. The van der Waals surface area contributed by atoms with E-state index in [9.17, 15) is 0 Å². The third-order valence-electron chi connectivity index (χ3n) is 2.94. The molecule has 0 amide bonds. The van der Waals surface area contributed by atoms with Crippen LogP contribution in [0.3, 0.4) is 0 Å². The molecule has 1 heterocycles. The highest BCUT2D eigenvalue weighted by Crippen LogP contribution is 2.23. The van der Waals surface area contributed by atoms with Crippen LogP contribution in [0.4, 0.5) is 17.1 Å². The van der Waals surface area contributed by atoms with Gasteiger partial charge in [0.25, 0.3) is 0 Å². The highest BCUT2D eigenvalue weighted by molar-refractivity contribution is 5.69. The molecule has 1 aliphatic heterocycles. The number of nitrogen functional groups attached to an aromatic ring is 2. The molecule has 1 aromatic rings. The summed E-state index contributed by atoms with van der Waals surface area (Å²) in [4.78, 5) is 0. The number of hydrogen-bond donors (Lipinski definition) is 3. The van der Waals surface area contributed by atoms with Crippen LogP contribution in [0.15, 0.2) is 18.2 Å². The number of benzene rings is 1. The lowest BCUT2D eigenvalue weighted by Crippen LogP contribution is -2.32. The molecule has 1 saturated heterocycles. The molecule has 1 aliphatic rings. The van der Waals surface area contributed by atoms with Crippen molar-refractivity contribution >= 4 is 17.1 Å². The average molecular weight is 221 g/mol. The Balaban J connectivity index is 2.00. The lowest BCUT2D eigenvalue weighted by atomic mass is 10.0. The summed E-state index contributed by atoms with van der Waals surface area (Å²) < 4.78 is 5.50. The maximum atomic E-state index is 5.76. The fourth-order valence-electron chi connectivity index (χ4n) is 2.03. The summed E-state index contributed by atoms with van der Waals surface area (Å²) in [5.74, 6) is 0. The van der Waals surface area contributed by atoms with Gasteiger partial charge in [0.1, 0.15) is 0 Å². The first kappa shape index (κ1) is 11.1. The minimum atomic E-state index is 0.331. The lowest BCUT2D eigenvalue weighted by molar-refractivity contribution is 0.0232. The number of rotatable bonds is 2. The minimum Gasteiger partial charge on any atom is -0.397 e. The van der Waals surface area contributed by atoms with Gasteiger partial charge in [-0.15, -0.1) is 0 Å². The molecule has 4 heteroatoms. The normalized spacial score (nSPS) is 25.3. The average Bonchev–Trinajstić information content (AvgIpc) is 2.24. The van der Waals surface area contributed by atoms with E-state index in [-0.39, 0.29) is 0 Å². The summed E-state index contributed by atoms with van der Waals surface area (Å²) in [7, 11) is 0. The quantitative estimate of drug-likeness (QED) is 0.666. The second kappa shape index (κ2) is 4.61. The van der Waals surface area contributed by atoms with E-state index in [4.69, 9.17) is 16.2 Å². The summed E-state index contributed by atoms with van der Waals surface area (Å²) >= 11 is 0. The van der Waals surface area contributed by atoms with E-state index >= 15 is 0 Å². The van der Waals surface area contributed by atoms with Gasteiger partial charge >= 0.3 is 0 Å². The lowest BCUT2D eigenvalue weighted by Gasteiger charge is -2.28. The van der Waals surface area contributed by atoms with Gasteiger partial charge in [-0.05, 0) is 38.0 Å². The van der Waals surface area contributed by atoms with Gasteiger partial charge < -0.3 is 21.5 Å². The van der Waals surface area contributed by atoms with Crippen molar-refractivity contribution in [2.24, 2.45) is 0 Å². The van der Waals surface area contributed by atoms with E-state index in [1.54, 1.807) is 0 Å². The van der Waals surface area contributed by atoms with Gasteiger partial charge in [0.2, 0.25) is 0 Å². The van der Waals surface area contributed by atoms with Crippen molar-refractivity contribution in [3.63, 3.8) is 0 Å². The Labute approximate surface area is 96.0 Å². The van der Waals surface area contributed by atoms with Crippen LogP contribution in [0.25, 0.3) is 0 Å². The van der Waals surface area contributed by atoms with Crippen molar-refractivity contribution in [2.75, 3.05) is 23.4 Å². The molecule has 1 aromatic carbocycles. The fraction of sp³-hybridized carbons (Fsp3) is 0.500. The molecule has 5 N–H and O–H groups in total. The van der Waals surface area contributed by atoms with Crippen LogP contribution < -0.4 is 16.8 Å². The molecule has 4 nitrogen and oxygen atoms in total. The predicted molar refractivity (Wildman–Crippen MR) is 67.3 cm³/mol. The topological polar surface area (TPSA) is 73.3 Å². The van der Waals surface area contributed by atoms with Gasteiger partial charge in [0, 0.05) is 18.3 Å². The SMILES string of the molecule is CC1CC(Nc2ccc(N)c(N)c2)CCO1. The second-order valence-corrected chi connectivity index (χ2v) is 4.39. The summed E-state index contributed by atoms with van der Waals surface area (Å²) in [5, 5.41) is 3.46. The van der Waals surface area contributed by atoms with Gasteiger partial charge in [-0.25, -0.2) is 0 Å². The summed E-state index contributed by atoms with van der Waals surface area (Å²) in [6.45, 7) is 2.93. The molecule has 16 heavy (non-hydrogen) atoms. The van der Waals surface area contributed by atoms with Crippen molar-refractivity contribution < 1.29 is 4.74 Å². The summed E-state index contributed by atoms with van der Waals surface area (Å²) in [5.41, 5.74) is 13.7. The Morgan fingerprint density at radius 3 is 2.81 bits per heavy atom. The van der Waals surface area contributed by atoms with E-state index in [2.05, 4.69) is 12.2 Å². The summed E-state index contributed by atoms with van der Waals surface area (Å²) in [6.07, 6.45) is 2.40. The van der Waals surface area contributed by atoms with Gasteiger partial charge in [0.05, 0.1) is 17.5 Å². The zero-order valence-electron chi connectivity index (χ0n) is 9.57. The van der Waals surface area contributed by atoms with Gasteiger partial charge in [-0.3, -0.25) is 0 Å². The van der Waals surface area contributed by atoms with Crippen molar-refractivity contribution in [3.8, 4) is 0 Å². The molecule has 0 saturated carbocycles. The largest absolute Gasteiger partial charge is 0.397 e. The molecule has 0 bridgehead atoms. The molecular weight excluding hydrogens is 202 g/mol. The maximum absolute atomic E-state index is 5.76. The zero-order chi connectivity index (χ0) is 11.5. The Kier molecular flexibility index (Phi) is 3.19. The standard InChI is InChI=1S/C12H19N3O/c1-8-6-10(4-5-16-8)15-9-2-3-11(13)12(14)7-9/h2-3,7-8,10,15H,4-6,13-14H2,1H3. The van der Waals surface area contributed by atoms with Crippen LogP contribution in [0.2, 0.25) is 0 Å². The Bertz CT molecular complexity index is 367. The van der Waals surface area contributed by atoms with Gasteiger partial charge in [-0.1, -0.05) is 0 Å². The van der Waals surface area contributed by atoms with Crippen LogP contribution >= 0.6 is 0 Å². The monoisotopic (exact) mass is 221 g/mol. The van der Waals surface area contributed by atoms with E-state index in [1.165, 1.54) is 0 Å². The first-order chi connectivity index (χ1) is 7.65. The molecular formula is C12H19N3O. The van der Waals surface area contributed by atoms with Crippen molar-refractivity contribution in [1.82, 2.24) is 0 Å². The number of anilines is 3. The molecule has 1 fully saturated rings. The van der Waals surface area contributed by atoms with Gasteiger partial charge in [-0.2, -0.15) is 0 Å². The van der Waals surface area contributed by atoms with Crippen molar-refractivity contribution in [3.05, 3.63) is 18.2 Å². The molecule has 0 aliphatic carbocycles. The maximum Gasteiger partial charge on any atom is 0.0568 e. The number of ether oxygens (including phenoxy) is 1. The van der Waals surface area contributed by atoms with Crippen LogP contribution in [0, 0.1) is 0 Å². The third kappa shape index (κ3) is 2.58. The zero-order valence-corrected chi connectivity index (χ0v) is 9.57. The van der Waals surface area contributed by atoms with E-state index in [0.717, 1.165) is 25.1 Å². The van der Waals surface area contributed by atoms with Crippen LogP contribution in [0.1, 0.15) is 19.8 Å². The number of nitrogens with one attached hydrogen (secondary N) is 1. The Hall–Kier alpha value is -1.42. The smallest absolute Gasteiger partial charge is 0.0568 e. The first-order valence-electron chi connectivity index (χ1n) is 5.68.